The van der Waals surface area contributed by atoms with Crippen molar-refractivity contribution < 1.29 is 18.7 Å². The fourth-order valence-corrected chi connectivity index (χ4v) is 3.11. The molecule has 0 saturated heterocycles. The molecule has 1 aromatic rings. The lowest BCUT2D eigenvalue weighted by Gasteiger charge is -2.36. The highest BCUT2D eigenvalue weighted by Crippen LogP contribution is 2.38. The molecule has 0 spiro atoms. The van der Waals surface area contributed by atoms with Crippen molar-refractivity contribution in [3.8, 4) is 5.75 Å². The molecular weight excluding hydrogens is 388 g/mol. The molecule has 0 aromatic heterocycles. The van der Waals surface area contributed by atoms with Crippen LogP contribution in [0.5, 0.6) is 5.75 Å². The minimum atomic E-state index is -1.86. The van der Waals surface area contributed by atoms with E-state index in [0.29, 0.717) is 19.0 Å². The van der Waals surface area contributed by atoms with Gasteiger partial charge in [-0.15, -0.1) is 0 Å². The van der Waals surface area contributed by atoms with Gasteiger partial charge >= 0.3 is 5.97 Å². The van der Waals surface area contributed by atoms with Crippen molar-refractivity contribution in [1.82, 2.24) is 0 Å². The smallest absolute Gasteiger partial charge is 0.347 e. The highest BCUT2D eigenvalue weighted by Gasteiger charge is 2.37. The monoisotopic (exact) mass is 416 g/mol. The average molecular weight is 417 g/mol. The van der Waals surface area contributed by atoms with E-state index in [0.717, 1.165) is 10.0 Å². The molecule has 4 nitrogen and oxygen atoms in total. The van der Waals surface area contributed by atoms with Crippen molar-refractivity contribution in [3.63, 3.8) is 0 Å². The van der Waals surface area contributed by atoms with Crippen molar-refractivity contribution >= 4 is 30.2 Å². The van der Waals surface area contributed by atoms with E-state index in [4.69, 9.17) is 13.9 Å². The van der Waals surface area contributed by atoms with Gasteiger partial charge in [-0.2, -0.15) is 0 Å². The van der Waals surface area contributed by atoms with Gasteiger partial charge in [-0.3, -0.25) is 0 Å². The molecule has 0 aliphatic rings. The lowest BCUT2D eigenvalue weighted by Crippen LogP contribution is -2.40. The van der Waals surface area contributed by atoms with Crippen LogP contribution in [0.2, 0.25) is 18.1 Å². The predicted molar refractivity (Wildman–Crippen MR) is 103 cm³/mol. The predicted octanol–water partition coefficient (Wildman–Crippen LogP) is 5.30. The van der Waals surface area contributed by atoms with E-state index in [9.17, 15) is 4.79 Å². The summed E-state index contributed by atoms with van der Waals surface area (Å²) in [6.45, 7) is 15.3. The molecule has 6 heteroatoms. The first-order valence-corrected chi connectivity index (χ1v) is 11.9. The minimum Gasteiger partial charge on any atom is -0.479 e. The molecule has 24 heavy (non-hydrogen) atoms. The van der Waals surface area contributed by atoms with E-state index in [2.05, 4.69) is 49.8 Å². The van der Waals surface area contributed by atoms with Crippen LogP contribution in [0, 0.1) is 0 Å². The van der Waals surface area contributed by atoms with Crippen LogP contribution in [-0.2, 0) is 20.6 Å². The minimum absolute atomic E-state index is 0.137. The van der Waals surface area contributed by atoms with Gasteiger partial charge in [0.15, 0.2) is 14.4 Å². The molecule has 1 rings (SSSR count). The number of carbonyl (C=O) groups excluding carboxylic acids is 1. The second-order valence-electron chi connectivity index (χ2n) is 7.31. The third kappa shape index (κ3) is 5.90. The molecule has 0 aliphatic heterocycles. The van der Waals surface area contributed by atoms with Gasteiger partial charge in [-0.05, 0) is 50.2 Å². The van der Waals surface area contributed by atoms with Gasteiger partial charge in [0.2, 0.25) is 0 Å². The lowest BCUT2D eigenvalue weighted by molar-refractivity contribution is -0.150. The van der Waals surface area contributed by atoms with Gasteiger partial charge in [-0.25, -0.2) is 4.79 Å². The summed E-state index contributed by atoms with van der Waals surface area (Å²) >= 11 is 3.48. The third-order valence-electron chi connectivity index (χ3n) is 4.34. The van der Waals surface area contributed by atoms with Crippen molar-refractivity contribution in [2.45, 2.75) is 65.5 Å². The second kappa shape index (κ2) is 8.49. The van der Waals surface area contributed by atoms with Gasteiger partial charge in [0, 0.05) is 10.0 Å². The first-order chi connectivity index (χ1) is 11.0. The molecule has 0 N–H and O–H groups in total. The van der Waals surface area contributed by atoms with Crippen LogP contribution < -0.4 is 4.74 Å². The Hall–Kier alpha value is -0.853. The molecule has 0 aliphatic carbocycles. The number of benzene rings is 1. The number of ether oxygens (including phenoxy) is 2. The molecule has 1 aromatic carbocycles. The number of carbonyl (C=O) groups is 1. The van der Waals surface area contributed by atoms with Gasteiger partial charge in [0.25, 0.3) is 0 Å². The molecular formula is C18H29BrO4Si. The van der Waals surface area contributed by atoms with Crippen LogP contribution in [0.4, 0.5) is 0 Å². The zero-order valence-corrected chi connectivity index (χ0v) is 18.3. The molecule has 0 heterocycles. The van der Waals surface area contributed by atoms with Crippen LogP contribution in [0.1, 0.15) is 40.2 Å². The van der Waals surface area contributed by atoms with Crippen molar-refractivity contribution in [2.24, 2.45) is 0 Å². The van der Waals surface area contributed by atoms with E-state index in [-0.39, 0.29) is 11.0 Å². The maximum atomic E-state index is 11.8. The molecule has 0 bridgehead atoms. The van der Waals surface area contributed by atoms with E-state index >= 15 is 0 Å². The lowest BCUT2D eigenvalue weighted by atomic mass is 10.2. The van der Waals surface area contributed by atoms with Crippen LogP contribution in [0.25, 0.3) is 0 Å². The van der Waals surface area contributed by atoms with Crippen LogP contribution >= 0.6 is 15.9 Å². The number of halogens is 1. The Bertz CT molecular complexity index is 567. The molecule has 136 valence electrons. The Morgan fingerprint density at radius 1 is 1.29 bits per heavy atom. The van der Waals surface area contributed by atoms with Crippen LogP contribution in [0.3, 0.4) is 0 Å². The van der Waals surface area contributed by atoms with E-state index in [1.807, 2.05) is 18.2 Å². The highest BCUT2D eigenvalue weighted by atomic mass is 79.9. The topological polar surface area (TPSA) is 44.8 Å². The first kappa shape index (κ1) is 21.2. The zero-order valence-electron chi connectivity index (χ0n) is 15.7. The largest absolute Gasteiger partial charge is 0.479 e. The summed E-state index contributed by atoms with van der Waals surface area (Å²) in [5.74, 6) is 0.286. The second-order valence-corrected chi connectivity index (χ2v) is 13.0. The van der Waals surface area contributed by atoms with Gasteiger partial charge in [-0.1, -0.05) is 36.7 Å². The summed E-state index contributed by atoms with van der Waals surface area (Å²) in [7, 11) is -1.86. The third-order valence-corrected chi connectivity index (χ3v) is 9.31. The Labute approximate surface area is 155 Å². The van der Waals surface area contributed by atoms with Crippen LogP contribution in [-0.4, -0.2) is 27.0 Å². The maximum Gasteiger partial charge on any atom is 0.347 e. The number of hydrogen-bond acceptors (Lipinski definition) is 4. The standard InChI is InChI=1S/C18H29BrO4Si/c1-8-21-17(20)13(2)23-16-10-9-15(19)11-14(16)12-22-24(6,7)18(3,4)5/h9-11,13H,8,12H2,1-7H3. The Morgan fingerprint density at radius 3 is 2.46 bits per heavy atom. The van der Waals surface area contributed by atoms with E-state index in [1.54, 1.807) is 13.8 Å². The van der Waals surface area contributed by atoms with Crippen LogP contribution in [0.15, 0.2) is 22.7 Å². The quantitative estimate of drug-likeness (QED) is 0.446. The maximum absolute atomic E-state index is 11.8. The van der Waals surface area contributed by atoms with E-state index in [1.165, 1.54) is 0 Å². The molecule has 0 saturated carbocycles. The SMILES string of the molecule is CCOC(=O)C(C)Oc1ccc(Br)cc1CO[Si](C)(C)C(C)(C)C. The number of rotatable bonds is 7. The first-order valence-electron chi connectivity index (χ1n) is 8.23. The molecule has 1 unspecified atom stereocenters. The van der Waals surface area contributed by atoms with Gasteiger partial charge < -0.3 is 13.9 Å². The Morgan fingerprint density at radius 2 is 1.92 bits per heavy atom. The zero-order chi connectivity index (χ0) is 18.5. The molecule has 0 fully saturated rings. The summed E-state index contributed by atoms with van der Waals surface area (Å²) in [6.07, 6.45) is -0.655. The van der Waals surface area contributed by atoms with Gasteiger partial charge in [0.05, 0.1) is 13.2 Å². The summed E-state index contributed by atoms with van der Waals surface area (Å²) < 4.78 is 18.0. The summed E-state index contributed by atoms with van der Waals surface area (Å²) in [5, 5.41) is 0.137. The van der Waals surface area contributed by atoms with E-state index < -0.39 is 14.4 Å². The van der Waals surface area contributed by atoms with Crippen molar-refractivity contribution in [3.05, 3.63) is 28.2 Å². The Balaban J connectivity index is 2.91. The summed E-state index contributed by atoms with van der Waals surface area (Å²) in [6, 6.07) is 5.72. The molecule has 0 radical (unpaired) electrons. The fourth-order valence-electron chi connectivity index (χ4n) is 1.75. The highest BCUT2D eigenvalue weighted by molar-refractivity contribution is 9.10. The average Bonchev–Trinajstić information content (AvgIpc) is 2.46. The van der Waals surface area contributed by atoms with Crippen molar-refractivity contribution in [2.75, 3.05) is 6.61 Å². The Kier molecular flexibility index (Phi) is 7.50. The molecule has 0 amide bonds. The summed E-state index contributed by atoms with van der Waals surface area (Å²) in [5.41, 5.74) is 0.922. The number of esters is 1. The van der Waals surface area contributed by atoms with Gasteiger partial charge in [0.1, 0.15) is 5.75 Å². The fraction of sp³-hybridized carbons (Fsp3) is 0.611. The normalized spacial score (nSPS) is 13.5. The van der Waals surface area contributed by atoms with Crippen molar-refractivity contribution in [1.29, 1.82) is 0 Å². The number of hydrogen-bond donors (Lipinski definition) is 0. The molecule has 1 atom stereocenters. The summed E-state index contributed by atoms with van der Waals surface area (Å²) in [4.78, 5) is 11.8.